The SMILES string of the molecule is COc1ccc(-c2ccc(/C=C3\C(=O)NC(=O)C(C#N)=C3C)o2)c([N+](=O)[O-])c1. The highest BCUT2D eigenvalue weighted by Gasteiger charge is 2.28. The van der Waals surface area contributed by atoms with Crippen molar-refractivity contribution >= 4 is 23.6 Å². The molecule has 1 aliphatic heterocycles. The number of carbonyl (C=O) groups excluding carboxylic acids is 2. The Balaban J connectivity index is 2.04. The van der Waals surface area contributed by atoms with Gasteiger partial charge in [0.1, 0.15) is 28.9 Å². The smallest absolute Gasteiger partial charge is 0.284 e. The van der Waals surface area contributed by atoms with Gasteiger partial charge in [-0.2, -0.15) is 5.26 Å². The summed E-state index contributed by atoms with van der Waals surface area (Å²) < 4.78 is 10.6. The molecule has 140 valence electrons. The van der Waals surface area contributed by atoms with Crippen LogP contribution >= 0.6 is 0 Å². The first-order chi connectivity index (χ1) is 13.3. The third kappa shape index (κ3) is 3.26. The Bertz CT molecular complexity index is 1120. The Kier molecular flexibility index (Phi) is 4.78. The predicted octanol–water partition coefficient (Wildman–Crippen LogP) is 2.74. The summed E-state index contributed by atoms with van der Waals surface area (Å²) in [6.07, 6.45) is 1.37. The van der Waals surface area contributed by atoms with Crippen molar-refractivity contribution < 1.29 is 23.7 Å². The lowest BCUT2D eigenvalue weighted by molar-refractivity contribution is -0.384. The minimum Gasteiger partial charge on any atom is -0.497 e. The fraction of sp³-hybridized carbons (Fsp3) is 0.105. The average molecular weight is 379 g/mol. The minimum atomic E-state index is -0.754. The maximum atomic E-state index is 12.1. The van der Waals surface area contributed by atoms with Crippen LogP contribution in [0.1, 0.15) is 12.7 Å². The van der Waals surface area contributed by atoms with Crippen molar-refractivity contribution in [3.63, 3.8) is 0 Å². The molecule has 1 aromatic heterocycles. The number of ether oxygens (including phenoxy) is 1. The normalized spacial score (nSPS) is 15.4. The summed E-state index contributed by atoms with van der Waals surface area (Å²) in [4.78, 5) is 34.5. The second-order valence-corrected chi connectivity index (χ2v) is 5.80. The van der Waals surface area contributed by atoms with Gasteiger partial charge in [-0.1, -0.05) is 0 Å². The van der Waals surface area contributed by atoms with Crippen molar-refractivity contribution in [2.45, 2.75) is 6.92 Å². The number of nitro benzene ring substituents is 1. The van der Waals surface area contributed by atoms with Gasteiger partial charge in [-0.3, -0.25) is 25.0 Å². The maximum absolute atomic E-state index is 12.1. The van der Waals surface area contributed by atoms with Crippen LogP contribution in [0.2, 0.25) is 0 Å². The molecule has 2 amide bonds. The molecule has 0 spiro atoms. The number of imide groups is 1. The van der Waals surface area contributed by atoms with Gasteiger partial charge < -0.3 is 9.15 Å². The molecule has 0 radical (unpaired) electrons. The summed E-state index contributed by atoms with van der Waals surface area (Å²) in [7, 11) is 1.40. The number of carbonyl (C=O) groups is 2. The van der Waals surface area contributed by atoms with Crippen molar-refractivity contribution in [3.8, 4) is 23.1 Å². The first-order valence-electron chi connectivity index (χ1n) is 7.97. The molecular formula is C19H13N3O6. The van der Waals surface area contributed by atoms with Crippen LogP contribution in [0.25, 0.3) is 17.4 Å². The van der Waals surface area contributed by atoms with Crippen LogP contribution < -0.4 is 10.1 Å². The van der Waals surface area contributed by atoms with Crippen LogP contribution in [-0.4, -0.2) is 23.8 Å². The lowest BCUT2D eigenvalue weighted by atomic mass is 9.96. The molecule has 0 unspecified atom stereocenters. The molecule has 0 atom stereocenters. The molecular weight excluding hydrogens is 366 g/mol. The van der Waals surface area contributed by atoms with Gasteiger partial charge in [-0.25, -0.2) is 0 Å². The van der Waals surface area contributed by atoms with E-state index in [1.54, 1.807) is 12.1 Å². The summed E-state index contributed by atoms with van der Waals surface area (Å²) in [6.45, 7) is 1.49. The summed E-state index contributed by atoms with van der Waals surface area (Å²) in [5.41, 5.74) is 0.204. The van der Waals surface area contributed by atoms with Gasteiger partial charge in [0.2, 0.25) is 0 Å². The summed E-state index contributed by atoms with van der Waals surface area (Å²) >= 11 is 0. The van der Waals surface area contributed by atoms with E-state index in [-0.39, 0.29) is 39.5 Å². The van der Waals surface area contributed by atoms with E-state index in [9.17, 15) is 19.7 Å². The van der Waals surface area contributed by atoms with Crippen molar-refractivity contribution in [1.82, 2.24) is 5.32 Å². The third-order valence-corrected chi connectivity index (χ3v) is 4.17. The van der Waals surface area contributed by atoms with Gasteiger partial charge in [0.05, 0.1) is 23.7 Å². The van der Waals surface area contributed by atoms with E-state index < -0.39 is 16.7 Å². The van der Waals surface area contributed by atoms with Crippen LogP contribution in [0, 0.1) is 21.4 Å². The molecule has 9 heteroatoms. The van der Waals surface area contributed by atoms with Crippen LogP contribution in [0.15, 0.2) is 51.5 Å². The van der Waals surface area contributed by atoms with E-state index in [0.29, 0.717) is 5.75 Å². The number of nitriles is 1. The van der Waals surface area contributed by atoms with Crippen molar-refractivity contribution in [2.75, 3.05) is 7.11 Å². The molecule has 0 aliphatic carbocycles. The highest BCUT2D eigenvalue weighted by molar-refractivity contribution is 6.19. The Labute approximate surface area is 158 Å². The molecule has 9 nitrogen and oxygen atoms in total. The van der Waals surface area contributed by atoms with Crippen LogP contribution in [-0.2, 0) is 9.59 Å². The minimum absolute atomic E-state index is 0.0984. The van der Waals surface area contributed by atoms with Crippen molar-refractivity contribution in [3.05, 3.63) is 62.9 Å². The van der Waals surface area contributed by atoms with E-state index >= 15 is 0 Å². The monoisotopic (exact) mass is 379 g/mol. The van der Waals surface area contributed by atoms with Crippen LogP contribution in [0.5, 0.6) is 5.75 Å². The summed E-state index contributed by atoms with van der Waals surface area (Å²) in [5, 5.41) is 22.5. The Morgan fingerprint density at radius 1 is 1.25 bits per heavy atom. The molecule has 1 N–H and O–H groups in total. The van der Waals surface area contributed by atoms with Crippen LogP contribution in [0.3, 0.4) is 0 Å². The lowest BCUT2D eigenvalue weighted by Crippen LogP contribution is -2.37. The molecule has 0 fully saturated rings. The second-order valence-electron chi connectivity index (χ2n) is 5.80. The van der Waals surface area contributed by atoms with E-state index in [0.717, 1.165) is 0 Å². The van der Waals surface area contributed by atoms with Gasteiger partial charge >= 0.3 is 0 Å². The number of hydrogen-bond donors (Lipinski definition) is 1. The maximum Gasteiger partial charge on any atom is 0.284 e. The van der Waals surface area contributed by atoms with Gasteiger partial charge in [-0.15, -0.1) is 0 Å². The van der Waals surface area contributed by atoms with Gasteiger partial charge in [0, 0.05) is 5.57 Å². The first-order valence-corrected chi connectivity index (χ1v) is 7.97. The molecule has 0 saturated carbocycles. The van der Waals surface area contributed by atoms with Gasteiger partial charge in [0.15, 0.2) is 0 Å². The lowest BCUT2D eigenvalue weighted by Gasteiger charge is -2.15. The Morgan fingerprint density at radius 3 is 2.64 bits per heavy atom. The number of nitro groups is 1. The molecule has 1 aliphatic rings. The molecule has 0 bridgehead atoms. The van der Waals surface area contributed by atoms with Crippen molar-refractivity contribution in [2.24, 2.45) is 0 Å². The number of benzene rings is 1. The third-order valence-electron chi connectivity index (χ3n) is 4.17. The van der Waals surface area contributed by atoms with Crippen LogP contribution in [0.4, 0.5) is 5.69 Å². The summed E-state index contributed by atoms with van der Waals surface area (Å²) in [5.74, 6) is -0.629. The van der Waals surface area contributed by atoms with E-state index in [1.807, 2.05) is 0 Å². The highest BCUT2D eigenvalue weighted by atomic mass is 16.6. The average Bonchev–Trinajstić information content (AvgIpc) is 3.13. The number of methoxy groups -OCH3 is 1. The quantitative estimate of drug-likeness (QED) is 0.373. The number of hydrogen-bond acceptors (Lipinski definition) is 7. The first kappa shape index (κ1) is 18.6. The molecule has 3 rings (SSSR count). The van der Waals surface area contributed by atoms with Crippen molar-refractivity contribution in [1.29, 1.82) is 5.26 Å². The Morgan fingerprint density at radius 2 is 2.00 bits per heavy atom. The van der Waals surface area contributed by atoms with Gasteiger partial charge in [-0.05, 0) is 42.8 Å². The zero-order valence-corrected chi connectivity index (χ0v) is 14.8. The summed E-state index contributed by atoms with van der Waals surface area (Å²) in [6, 6.07) is 9.15. The molecule has 2 aromatic rings. The molecule has 28 heavy (non-hydrogen) atoms. The number of rotatable bonds is 4. The zero-order chi connectivity index (χ0) is 20.4. The fourth-order valence-corrected chi connectivity index (χ4v) is 2.73. The standard InChI is InChI=1S/C19H13N3O6/c1-10-14(18(23)21-19(24)15(10)9-20)7-12-4-6-17(28-12)13-5-3-11(27-2)8-16(13)22(25)26/h3-8H,1-2H3,(H,21,23,24)/b14-7-. The number of nitrogens with one attached hydrogen (secondary N) is 1. The van der Waals surface area contributed by atoms with E-state index in [4.69, 9.17) is 14.4 Å². The van der Waals surface area contributed by atoms with Gasteiger partial charge in [0.25, 0.3) is 17.5 Å². The largest absolute Gasteiger partial charge is 0.497 e. The predicted molar refractivity (Wildman–Crippen MR) is 96.8 cm³/mol. The van der Waals surface area contributed by atoms with E-state index in [1.165, 1.54) is 44.4 Å². The molecule has 1 aromatic carbocycles. The number of amides is 2. The Hall–Kier alpha value is -4.19. The highest BCUT2D eigenvalue weighted by Crippen LogP contribution is 2.35. The fourth-order valence-electron chi connectivity index (χ4n) is 2.73. The molecule has 0 saturated heterocycles. The topological polar surface area (TPSA) is 135 Å². The van der Waals surface area contributed by atoms with E-state index in [2.05, 4.69) is 5.32 Å². The number of furan rings is 1. The molecule has 2 heterocycles. The second kappa shape index (κ2) is 7.20. The number of nitrogens with zero attached hydrogens (tertiary/aromatic N) is 2. The zero-order valence-electron chi connectivity index (χ0n) is 14.8.